The third kappa shape index (κ3) is 5.46. The SMILES string of the molecule is CC(C)NCc1cnc(CCC(F)(F)F)s1. The van der Waals surface area contributed by atoms with E-state index in [-0.39, 0.29) is 6.42 Å². The first-order chi connectivity index (χ1) is 7.37. The van der Waals surface area contributed by atoms with Crippen molar-refractivity contribution in [1.29, 1.82) is 0 Å². The van der Waals surface area contributed by atoms with Gasteiger partial charge in [-0.1, -0.05) is 13.8 Å². The third-order valence-corrected chi connectivity index (χ3v) is 2.97. The second-order valence-corrected chi connectivity index (χ2v) is 5.07. The fourth-order valence-corrected chi connectivity index (χ4v) is 1.97. The molecule has 2 nitrogen and oxygen atoms in total. The van der Waals surface area contributed by atoms with Crippen LogP contribution in [0.1, 0.15) is 30.2 Å². The molecule has 0 radical (unpaired) electrons. The van der Waals surface area contributed by atoms with Crippen LogP contribution in [0.15, 0.2) is 6.20 Å². The molecule has 0 spiro atoms. The van der Waals surface area contributed by atoms with Crippen LogP contribution in [0.3, 0.4) is 0 Å². The summed E-state index contributed by atoms with van der Waals surface area (Å²) in [5.41, 5.74) is 0. The van der Waals surface area contributed by atoms with Gasteiger partial charge in [-0.05, 0) is 0 Å². The molecule has 0 unspecified atom stereocenters. The average molecular weight is 252 g/mol. The molecule has 16 heavy (non-hydrogen) atoms. The van der Waals surface area contributed by atoms with Gasteiger partial charge >= 0.3 is 6.18 Å². The molecule has 6 heteroatoms. The van der Waals surface area contributed by atoms with Gasteiger partial charge in [0, 0.05) is 36.5 Å². The van der Waals surface area contributed by atoms with Crippen molar-refractivity contribution in [2.45, 2.75) is 45.5 Å². The molecule has 0 saturated heterocycles. The van der Waals surface area contributed by atoms with Crippen LogP contribution in [0, 0.1) is 0 Å². The van der Waals surface area contributed by atoms with Crippen molar-refractivity contribution in [3.8, 4) is 0 Å². The average Bonchev–Trinajstić information content (AvgIpc) is 2.58. The number of nitrogens with zero attached hydrogens (tertiary/aromatic N) is 1. The van der Waals surface area contributed by atoms with Crippen molar-refractivity contribution in [2.75, 3.05) is 0 Å². The molecule has 0 bridgehead atoms. The van der Waals surface area contributed by atoms with Gasteiger partial charge in [-0.15, -0.1) is 11.3 Å². The van der Waals surface area contributed by atoms with Gasteiger partial charge in [0.2, 0.25) is 0 Å². The topological polar surface area (TPSA) is 24.9 Å². The van der Waals surface area contributed by atoms with Gasteiger partial charge in [-0.3, -0.25) is 0 Å². The van der Waals surface area contributed by atoms with Crippen LogP contribution in [-0.4, -0.2) is 17.2 Å². The Balaban J connectivity index is 2.39. The Labute approximate surface area is 96.9 Å². The Hall–Kier alpha value is -0.620. The second kappa shape index (κ2) is 5.63. The van der Waals surface area contributed by atoms with Crippen LogP contribution >= 0.6 is 11.3 Å². The molecular weight excluding hydrogens is 237 g/mol. The number of alkyl halides is 3. The zero-order valence-electron chi connectivity index (χ0n) is 9.27. The van der Waals surface area contributed by atoms with Crippen molar-refractivity contribution in [3.63, 3.8) is 0 Å². The minimum absolute atomic E-state index is 0.0180. The molecule has 0 aromatic carbocycles. The summed E-state index contributed by atoms with van der Waals surface area (Å²) in [5.74, 6) is 0. The van der Waals surface area contributed by atoms with E-state index in [1.165, 1.54) is 11.3 Å². The summed E-state index contributed by atoms with van der Waals surface area (Å²) >= 11 is 1.34. The van der Waals surface area contributed by atoms with Gasteiger partial charge in [-0.25, -0.2) is 4.98 Å². The van der Waals surface area contributed by atoms with Crippen molar-refractivity contribution in [2.24, 2.45) is 0 Å². The predicted molar refractivity (Wildman–Crippen MR) is 58.5 cm³/mol. The molecule has 92 valence electrons. The van der Waals surface area contributed by atoms with E-state index in [0.717, 1.165) is 4.88 Å². The maximum Gasteiger partial charge on any atom is 0.389 e. The fraction of sp³-hybridized carbons (Fsp3) is 0.700. The maximum atomic E-state index is 12.0. The number of hydrogen-bond acceptors (Lipinski definition) is 3. The smallest absolute Gasteiger partial charge is 0.310 e. The number of rotatable bonds is 5. The number of aromatic nitrogens is 1. The van der Waals surface area contributed by atoms with E-state index in [1.807, 2.05) is 13.8 Å². The highest BCUT2D eigenvalue weighted by molar-refractivity contribution is 7.11. The van der Waals surface area contributed by atoms with Gasteiger partial charge in [-0.2, -0.15) is 13.2 Å². The Morgan fingerprint density at radius 2 is 2.12 bits per heavy atom. The number of halogens is 3. The second-order valence-electron chi connectivity index (χ2n) is 3.87. The van der Waals surface area contributed by atoms with Gasteiger partial charge in [0.15, 0.2) is 0 Å². The lowest BCUT2D eigenvalue weighted by molar-refractivity contribution is -0.133. The highest BCUT2D eigenvalue weighted by Crippen LogP contribution is 2.23. The van der Waals surface area contributed by atoms with E-state index in [4.69, 9.17) is 0 Å². The van der Waals surface area contributed by atoms with E-state index in [9.17, 15) is 13.2 Å². The zero-order chi connectivity index (χ0) is 12.2. The van der Waals surface area contributed by atoms with Crippen LogP contribution in [-0.2, 0) is 13.0 Å². The molecule has 1 aromatic heterocycles. The van der Waals surface area contributed by atoms with E-state index in [2.05, 4.69) is 10.3 Å². The van der Waals surface area contributed by atoms with Gasteiger partial charge in [0.05, 0.1) is 5.01 Å². The summed E-state index contributed by atoms with van der Waals surface area (Å²) in [7, 11) is 0. The first kappa shape index (κ1) is 13.4. The molecule has 1 heterocycles. The summed E-state index contributed by atoms with van der Waals surface area (Å²) in [6.07, 6.45) is -3.26. The predicted octanol–water partition coefficient (Wildman–Crippen LogP) is 3.14. The molecule has 0 fully saturated rings. The molecule has 0 aliphatic carbocycles. The Bertz CT molecular complexity index is 320. The number of aryl methyl sites for hydroxylation is 1. The van der Waals surface area contributed by atoms with E-state index >= 15 is 0 Å². The van der Waals surface area contributed by atoms with Crippen LogP contribution < -0.4 is 5.32 Å². The minimum Gasteiger partial charge on any atom is -0.310 e. The molecule has 1 rings (SSSR count). The number of hydrogen-bond donors (Lipinski definition) is 1. The Morgan fingerprint density at radius 1 is 1.44 bits per heavy atom. The quantitative estimate of drug-likeness (QED) is 0.870. The summed E-state index contributed by atoms with van der Waals surface area (Å²) in [4.78, 5) is 4.95. The lowest BCUT2D eigenvalue weighted by atomic mass is 10.3. The Kier molecular flexibility index (Phi) is 4.73. The van der Waals surface area contributed by atoms with Crippen LogP contribution in [0.2, 0.25) is 0 Å². The molecule has 0 aliphatic rings. The van der Waals surface area contributed by atoms with E-state index in [1.54, 1.807) is 6.20 Å². The normalized spacial score (nSPS) is 12.4. The maximum absolute atomic E-state index is 12.0. The van der Waals surface area contributed by atoms with Crippen molar-refractivity contribution in [3.05, 3.63) is 16.1 Å². The first-order valence-corrected chi connectivity index (χ1v) is 5.92. The lowest BCUT2D eigenvalue weighted by Crippen LogP contribution is -2.21. The van der Waals surface area contributed by atoms with Crippen LogP contribution in [0.4, 0.5) is 13.2 Å². The van der Waals surface area contributed by atoms with E-state index < -0.39 is 12.6 Å². The van der Waals surface area contributed by atoms with Crippen molar-refractivity contribution >= 4 is 11.3 Å². The van der Waals surface area contributed by atoms with Crippen LogP contribution in [0.25, 0.3) is 0 Å². The van der Waals surface area contributed by atoms with Crippen molar-refractivity contribution in [1.82, 2.24) is 10.3 Å². The summed E-state index contributed by atoms with van der Waals surface area (Å²) in [5, 5.41) is 3.75. The first-order valence-electron chi connectivity index (χ1n) is 5.10. The van der Waals surface area contributed by atoms with Crippen LogP contribution in [0.5, 0.6) is 0 Å². The highest BCUT2D eigenvalue weighted by atomic mass is 32.1. The standard InChI is InChI=1S/C10H15F3N2S/c1-7(2)14-5-8-6-15-9(16-8)3-4-10(11,12)13/h6-7,14H,3-5H2,1-2H3. The summed E-state index contributed by atoms with van der Waals surface area (Å²) < 4.78 is 35.9. The third-order valence-electron chi connectivity index (χ3n) is 1.91. The summed E-state index contributed by atoms with van der Waals surface area (Å²) in [6, 6.07) is 0.362. The molecule has 0 aliphatic heterocycles. The molecule has 1 aromatic rings. The molecular formula is C10H15F3N2S. The van der Waals surface area contributed by atoms with Gasteiger partial charge in [0.25, 0.3) is 0 Å². The molecule has 0 atom stereocenters. The molecule has 0 amide bonds. The molecule has 1 N–H and O–H groups in total. The summed E-state index contributed by atoms with van der Waals surface area (Å²) in [6.45, 7) is 4.71. The lowest BCUT2D eigenvalue weighted by Gasteiger charge is -2.05. The largest absolute Gasteiger partial charge is 0.389 e. The monoisotopic (exact) mass is 252 g/mol. The highest BCUT2D eigenvalue weighted by Gasteiger charge is 2.27. The van der Waals surface area contributed by atoms with Gasteiger partial charge < -0.3 is 5.32 Å². The zero-order valence-corrected chi connectivity index (χ0v) is 10.1. The van der Waals surface area contributed by atoms with E-state index in [0.29, 0.717) is 17.6 Å². The Morgan fingerprint density at radius 3 is 2.69 bits per heavy atom. The van der Waals surface area contributed by atoms with Gasteiger partial charge in [0.1, 0.15) is 0 Å². The number of thiazole rings is 1. The van der Waals surface area contributed by atoms with Crippen molar-refractivity contribution < 1.29 is 13.2 Å². The fourth-order valence-electron chi connectivity index (χ4n) is 1.10. The molecule has 0 saturated carbocycles. The number of nitrogens with one attached hydrogen (secondary N) is 1. The minimum atomic E-state index is -4.10.